The maximum absolute atomic E-state index is 12.5. The molecule has 1 fully saturated rings. The molecule has 1 aromatic rings. The third kappa shape index (κ3) is 9.18. The van der Waals surface area contributed by atoms with Crippen molar-refractivity contribution in [1.29, 1.82) is 5.26 Å². The van der Waals surface area contributed by atoms with Gasteiger partial charge in [0.2, 0.25) is 0 Å². The average Bonchev–Trinajstić information content (AvgIpc) is 2.83. The van der Waals surface area contributed by atoms with E-state index < -0.39 is 0 Å². The lowest BCUT2D eigenvalue weighted by atomic mass is 9.71. The number of ether oxygens (including phenoxy) is 2. The molecule has 0 radical (unpaired) electrons. The zero-order chi connectivity index (χ0) is 23.1. The predicted molar refractivity (Wildman–Crippen MR) is 128 cm³/mol. The van der Waals surface area contributed by atoms with Crippen LogP contribution in [0.1, 0.15) is 121 Å². The summed E-state index contributed by atoms with van der Waals surface area (Å²) >= 11 is 0. The molecule has 1 aromatic heterocycles. The fourth-order valence-electron chi connectivity index (χ4n) is 4.44. The van der Waals surface area contributed by atoms with Crippen molar-refractivity contribution in [3.05, 3.63) is 24.0 Å². The number of unbranched alkanes of at least 4 members (excludes halogenated alkanes) is 8. The summed E-state index contributed by atoms with van der Waals surface area (Å²) in [6, 6.07) is 6.05. The van der Waals surface area contributed by atoms with Crippen LogP contribution in [0.4, 0.5) is 0 Å². The molecule has 0 bridgehead atoms. The van der Waals surface area contributed by atoms with E-state index in [1.165, 1.54) is 51.4 Å². The molecule has 0 amide bonds. The Bertz CT molecular complexity index is 688. The van der Waals surface area contributed by atoms with Gasteiger partial charge < -0.3 is 9.47 Å². The zero-order valence-electron chi connectivity index (χ0n) is 20.2. The molecule has 5 nitrogen and oxygen atoms in total. The molecule has 1 aliphatic carbocycles. The minimum Gasteiger partial charge on any atom is -0.492 e. The first-order chi connectivity index (χ1) is 15.6. The van der Waals surface area contributed by atoms with Crippen LogP contribution in [0.2, 0.25) is 0 Å². The summed E-state index contributed by atoms with van der Waals surface area (Å²) in [7, 11) is 0. The van der Waals surface area contributed by atoms with Crippen molar-refractivity contribution in [2.75, 3.05) is 6.61 Å². The number of hydrogen-bond donors (Lipinski definition) is 0. The van der Waals surface area contributed by atoms with Gasteiger partial charge in [-0.15, -0.1) is 0 Å². The van der Waals surface area contributed by atoms with Crippen LogP contribution in [-0.4, -0.2) is 23.7 Å². The van der Waals surface area contributed by atoms with Crippen molar-refractivity contribution in [2.45, 2.75) is 116 Å². The van der Waals surface area contributed by atoms with Gasteiger partial charge in [-0.3, -0.25) is 0 Å². The summed E-state index contributed by atoms with van der Waals surface area (Å²) in [5.74, 6) is 0.303. The molecule has 1 saturated carbocycles. The van der Waals surface area contributed by atoms with Crippen LogP contribution >= 0.6 is 0 Å². The third-order valence-corrected chi connectivity index (χ3v) is 6.62. The van der Waals surface area contributed by atoms with E-state index in [9.17, 15) is 10.1 Å². The fourth-order valence-corrected chi connectivity index (χ4v) is 4.44. The molecule has 2 rings (SSSR count). The highest BCUT2D eigenvalue weighted by Gasteiger charge is 2.36. The van der Waals surface area contributed by atoms with E-state index >= 15 is 0 Å². The second-order valence-electron chi connectivity index (χ2n) is 9.30. The molecule has 0 aromatic carbocycles. The lowest BCUT2D eigenvalue weighted by Crippen LogP contribution is -2.31. The van der Waals surface area contributed by atoms with Crippen molar-refractivity contribution < 1.29 is 14.3 Å². The SMILES string of the molecule is CCCCCCCOc1ccc(C(=O)OC2CCC(C#N)(CCCCCCC)CC2)nc1. The Labute approximate surface area is 194 Å². The molecule has 0 unspecified atom stereocenters. The Kier molecular flexibility index (Phi) is 12.2. The number of nitriles is 1. The number of carbonyl (C=O) groups excluding carboxylic acids is 1. The first kappa shape index (κ1) is 26.2. The van der Waals surface area contributed by atoms with Crippen LogP contribution in [-0.2, 0) is 4.74 Å². The number of rotatable bonds is 15. The van der Waals surface area contributed by atoms with E-state index in [1.807, 2.05) is 0 Å². The zero-order valence-corrected chi connectivity index (χ0v) is 20.2. The molecule has 0 saturated heterocycles. The molecule has 1 heterocycles. The van der Waals surface area contributed by atoms with Crippen LogP contribution in [0.25, 0.3) is 0 Å². The second kappa shape index (κ2) is 14.9. The molecule has 178 valence electrons. The molecule has 32 heavy (non-hydrogen) atoms. The normalized spacial score (nSPS) is 20.5. The van der Waals surface area contributed by atoms with E-state index in [2.05, 4.69) is 24.9 Å². The maximum Gasteiger partial charge on any atom is 0.357 e. The number of nitrogens with zero attached hydrogens (tertiary/aromatic N) is 2. The van der Waals surface area contributed by atoms with Gasteiger partial charge in [-0.25, -0.2) is 9.78 Å². The van der Waals surface area contributed by atoms with Crippen LogP contribution in [0.3, 0.4) is 0 Å². The smallest absolute Gasteiger partial charge is 0.357 e. The Morgan fingerprint density at radius 2 is 1.69 bits per heavy atom. The second-order valence-corrected chi connectivity index (χ2v) is 9.30. The lowest BCUT2D eigenvalue weighted by Gasteiger charge is -2.34. The number of pyridine rings is 1. The van der Waals surface area contributed by atoms with Gasteiger partial charge in [-0.2, -0.15) is 5.26 Å². The van der Waals surface area contributed by atoms with Crippen molar-refractivity contribution in [3.8, 4) is 11.8 Å². The van der Waals surface area contributed by atoms with Gasteiger partial charge >= 0.3 is 5.97 Å². The molecule has 0 spiro atoms. The van der Waals surface area contributed by atoms with Gasteiger partial charge in [-0.1, -0.05) is 71.6 Å². The van der Waals surface area contributed by atoms with Crippen molar-refractivity contribution >= 4 is 5.97 Å². The maximum atomic E-state index is 12.5. The van der Waals surface area contributed by atoms with Gasteiger partial charge in [0, 0.05) is 0 Å². The topological polar surface area (TPSA) is 72.2 Å². The Morgan fingerprint density at radius 3 is 2.28 bits per heavy atom. The van der Waals surface area contributed by atoms with Gasteiger partial charge in [0.15, 0.2) is 0 Å². The molecular formula is C27H42N2O3. The highest BCUT2D eigenvalue weighted by atomic mass is 16.5. The number of aromatic nitrogens is 1. The van der Waals surface area contributed by atoms with Gasteiger partial charge in [0.25, 0.3) is 0 Å². The van der Waals surface area contributed by atoms with Crippen molar-refractivity contribution in [2.24, 2.45) is 5.41 Å². The molecule has 1 aliphatic rings. The van der Waals surface area contributed by atoms with E-state index in [0.717, 1.165) is 44.9 Å². The summed E-state index contributed by atoms with van der Waals surface area (Å²) in [4.78, 5) is 16.7. The van der Waals surface area contributed by atoms with Crippen LogP contribution in [0, 0.1) is 16.7 Å². The number of esters is 1. The summed E-state index contributed by atoms with van der Waals surface area (Å²) in [6.07, 6.45) is 17.7. The van der Waals surface area contributed by atoms with Crippen molar-refractivity contribution in [3.63, 3.8) is 0 Å². The van der Waals surface area contributed by atoms with Gasteiger partial charge in [0.05, 0.1) is 24.3 Å². The van der Waals surface area contributed by atoms with E-state index in [0.29, 0.717) is 18.1 Å². The molecule has 0 aliphatic heterocycles. The summed E-state index contributed by atoms with van der Waals surface area (Å²) in [5.41, 5.74) is 0.0800. The fraction of sp³-hybridized carbons (Fsp3) is 0.741. The monoisotopic (exact) mass is 442 g/mol. The summed E-state index contributed by atoms with van der Waals surface area (Å²) < 4.78 is 11.4. The quantitative estimate of drug-likeness (QED) is 0.209. The first-order valence-corrected chi connectivity index (χ1v) is 12.8. The van der Waals surface area contributed by atoms with E-state index in [1.54, 1.807) is 18.3 Å². The number of carbonyl (C=O) groups is 1. The van der Waals surface area contributed by atoms with Crippen LogP contribution in [0.15, 0.2) is 18.3 Å². The number of hydrogen-bond acceptors (Lipinski definition) is 5. The highest BCUT2D eigenvalue weighted by Crippen LogP contribution is 2.41. The van der Waals surface area contributed by atoms with Crippen molar-refractivity contribution in [1.82, 2.24) is 4.98 Å². The lowest BCUT2D eigenvalue weighted by molar-refractivity contribution is 0.00985. The minimum absolute atomic E-state index is 0.120. The average molecular weight is 443 g/mol. The predicted octanol–water partition coefficient (Wildman–Crippen LogP) is 7.40. The Hall–Kier alpha value is -2.09. The molecule has 0 atom stereocenters. The van der Waals surface area contributed by atoms with Crippen LogP contribution < -0.4 is 4.74 Å². The summed E-state index contributed by atoms with van der Waals surface area (Å²) in [6.45, 7) is 5.10. The van der Waals surface area contributed by atoms with Gasteiger partial charge in [-0.05, 0) is 50.7 Å². The molecule has 0 N–H and O–H groups in total. The molecule has 5 heteroatoms. The minimum atomic E-state index is -0.384. The molecular weight excluding hydrogens is 400 g/mol. The Balaban J connectivity index is 1.70. The van der Waals surface area contributed by atoms with E-state index in [4.69, 9.17) is 9.47 Å². The first-order valence-electron chi connectivity index (χ1n) is 12.8. The largest absolute Gasteiger partial charge is 0.492 e. The Morgan fingerprint density at radius 1 is 1.03 bits per heavy atom. The standard InChI is InChI=1S/C27H42N2O3/c1-3-5-7-9-11-17-27(22-28)18-15-23(16-19-27)32-26(30)25-14-13-24(21-29-25)31-20-12-10-8-6-4-2/h13-14,21,23H,3-12,15-20H2,1-2H3. The highest BCUT2D eigenvalue weighted by molar-refractivity contribution is 5.87. The third-order valence-electron chi connectivity index (χ3n) is 6.62. The van der Waals surface area contributed by atoms with Crippen LogP contribution in [0.5, 0.6) is 5.75 Å². The van der Waals surface area contributed by atoms with Gasteiger partial charge in [0.1, 0.15) is 17.5 Å². The summed E-state index contributed by atoms with van der Waals surface area (Å²) in [5, 5.41) is 9.75. The van der Waals surface area contributed by atoms with E-state index in [-0.39, 0.29) is 17.5 Å².